The van der Waals surface area contributed by atoms with Gasteiger partial charge in [-0.1, -0.05) is 164 Å². The summed E-state index contributed by atoms with van der Waals surface area (Å²) in [6.45, 7) is 0. The molecule has 0 aliphatic heterocycles. The van der Waals surface area contributed by atoms with Gasteiger partial charge in [0, 0.05) is 38.4 Å². The molecule has 0 N–H and O–H groups in total. The van der Waals surface area contributed by atoms with Crippen molar-refractivity contribution in [3.63, 3.8) is 0 Å². The van der Waals surface area contributed by atoms with E-state index in [1.807, 2.05) is 6.07 Å². The second kappa shape index (κ2) is 13.8. The molecule has 0 spiro atoms. The number of para-hydroxylation sites is 2. The molecule has 280 valence electrons. The third kappa shape index (κ3) is 5.61. The third-order valence-electron chi connectivity index (χ3n) is 11.9. The number of nitrogens with zero attached hydrogens (tertiary/aromatic N) is 4. The predicted octanol–water partition coefficient (Wildman–Crippen LogP) is 14.5. The first kappa shape index (κ1) is 34.0. The van der Waals surface area contributed by atoms with Gasteiger partial charge in [0.25, 0.3) is 0 Å². The topological polar surface area (TPSA) is 35.6 Å². The maximum atomic E-state index is 5.36. The second-order valence-electron chi connectivity index (χ2n) is 15.5. The van der Waals surface area contributed by atoms with Crippen LogP contribution in [0.3, 0.4) is 0 Å². The van der Waals surface area contributed by atoms with Gasteiger partial charge in [-0.15, -0.1) is 0 Å². The molecule has 0 aliphatic carbocycles. The quantitative estimate of drug-likeness (QED) is 0.169. The van der Waals surface area contributed by atoms with Crippen LogP contribution in [0.25, 0.3) is 111 Å². The van der Waals surface area contributed by atoms with E-state index in [4.69, 9.17) is 9.97 Å². The van der Waals surface area contributed by atoms with Crippen LogP contribution in [-0.4, -0.2) is 19.1 Å². The van der Waals surface area contributed by atoms with Crippen molar-refractivity contribution in [1.82, 2.24) is 19.1 Å². The van der Waals surface area contributed by atoms with E-state index in [-0.39, 0.29) is 0 Å². The van der Waals surface area contributed by atoms with Crippen LogP contribution < -0.4 is 0 Å². The Kier molecular flexibility index (Phi) is 7.82. The van der Waals surface area contributed by atoms with Gasteiger partial charge in [0.05, 0.1) is 33.5 Å². The van der Waals surface area contributed by atoms with Crippen LogP contribution >= 0.6 is 0 Å². The van der Waals surface area contributed by atoms with Gasteiger partial charge in [-0.3, -0.25) is 4.57 Å². The SMILES string of the molecule is c1ccc(-c2cccc(-n3c4ccccc4c4cc(-c5ccc6c7ccccc7n(-c7nc(-c8ccccc8)cc(-c8ccc9ccccc9c8)n7)c6c5)ccc43)c2)cc1. The first-order valence-electron chi connectivity index (χ1n) is 20.4. The van der Waals surface area contributed by atoms with Gasteiger partial charge in [-0.05, 0) is 87.6 Å². The van der Waals surface area contributed by atoms with Gasteiger partial charge >= 0.3 is 0 Å². The molecule has 0 atom stereocenters. The fourth-order valence-corrected chi connectivity index (χ4v) is 9.04. The van der Waals surface area contributed by atoms with E-state index >= 15 is 0 Å². The van der Waals surface area contributed by atoms with Gasteiger partial charge < -0.3 is 4.57 Å². The van der Waals surface area contributed by atoms with Crippen LogP contribution in [0.15, 0.2) is 218 Å². The van der Waals surface area contributed by atoms with Crippen molar-refractivity contribution in [3.8, 4) is 56.4 Å². The smallest absolute Gasteiger partial charge is 0.235 e. The average molecular weight is 765 g/mol. The number of hydrogen-bond acceptors (Lipinski definition) is 2. The van der Waals surface area contributed by atoms with E-state index in [1.54, 1.807) is 0 Å². The molecular weight excluding hydrogens is 729 g/mol. The Balaban J connectivity index is 1.04. The minimum Gasteiger partial charge on any atom is -0.309 e. The van der Waals surface area contributed by atoms with Crippen LogP contribution in [-0.2, 0) is 0 Å². The molecule has 0 unspecified atom stereocenters. The summed E-state index contributed by atoms with van der Waals surface area (Å²) in [4.78, 5) is 10.7. The highest BCUT2D eigenvalue weighted by atomic mass is 15.2. The Bertz CT molecular complexity index is 3600. The Morgan fingerprint density at radius 1 is 0.267 bits per heavy atom. The third-order valence-corrected chi connectivity index (χ3v) is 11.9. The van der Waals surface area contributed by atoms with Crippen molar-refractivity contribution in [2.24, 2.45) is 0 Å². The maximum Gasteiger partial charge on any atom is 0.235 e. The molecule has 0 radical (unpaired) electrons. The number of rotatable bonds is 6. The molecule has 0 fully saturated rings. The molecule has 60 heavy (non-hydrogen) atoms. The zero-order valence-electron chi connectivity index (χ0n) is 32.6. The summed E-state index contributed by atoms with van der Waals surface area (Å²) in [6, 6.07) is 78.1. The number of aromatic nitrogens is 4. The summed E-state index contributed by atoms with van der Waals surface area (Å²) < 4.78 is 4.64. The monoisotopic (exact) mass is 764 g/mol. The van der Waals surface area contributed by atoms with E-state index < -0.39 is 0 Å². The van der Waals surface area contributed by atoms with Crippen molar-refractivity contribution in [2.75, 3.05) is 0 Å². The molecule has 12 aromatic rings. The number of benzene rings is 9. The molecule has 0 saturated heterocycles. The van der Waals surface area contributed by atoms with Gasteiger partial charge in [-0.25, -0.2) is 9.97 Å². The highest BCUT2D eigenvalue weighted by molar-refractivity contribution is 6.12. The van der Waals surface area contributed by atoms with Crippen molar-refractivity contribution in [2.45, 2.75) is 0 Å². The lowest BCUT2D eigenvalue weighted by Gasteiger charge is -2.13. The van der Waals surface area contributed by atoms with Crippen molar-refractivity contribution < 1.29 is 0 Å². The summed E-state index contributed by atoms with van der Waals surface area (Å²) in [5, 5.41) is 7.14. The first-order chi connectivity index (χ1) is 29.7. The molecule has 12 rings (SSSR count). The Hall–Kier alpha value is -8.08. The second-order valence-corrected chi connectivity index (χ2v) is 15.5. The summed E-state index contributed by atoms with van der Waals surface area (Å²) in [6.07, 6.45) is 0. The average Bonchev–Trinajstić information content (AvgIpc) is 3.84. The van der Waals surface area contributed by atoms with E-state index in [1.165, 1.54) is 43.7 Å². The molecule has 0 bridgehead atoms. The minimum atomic E-state index is 0.638. The highest BCUT2D eigenvalue weighted by Crippen LogP contribution is 2.39. The van der Waals surface area contributed by atoms with Crippen LogP contribution in [0.4, 0.5) is 0 Å². The zero-order chi connectivity index (χ0) is 39.6. The first-order valence-corrected chi connectivity index (χ1v) is 20.4. The van der Waals surface area contributed by atoms with Crippen molar-refractivity contribution in [3.05, 3.63) is 218 Å². The molecule has 3 heterocycles. The minimum absolute atomic E-state index is 0.638. The molecule has 4 nitrogen and oxygen atoms in total. The standard InChI is InChI=1S/C56H36N4/c1-3-14-37(15-4-1)41-20-13-21-45(33-41)59-52-24-11-10-23-47(52)49-34-42(29-31-54(49)59)43-28-30-48-46-22-9-12-25-53(46)60(55(48)35-43)56-57-50(39-17-5-2-6-18-39)36-51(58-56)44-27-26-38-16-7-8-19-40(38)32-44/h1-36H. The molecule has 3 aromatic heterocycles. The summed E-state index contributed by atoms with van der Waals surface area (Å²) >= 11 is 0. The Labute approximate surface area is 346 Å². The molecular formula is C56H36N4. The Morgan fingerprint density at radius 2 is 0.817 bits per heavy atom. The van der Waals surface area contributed by atoms with E-state index in [9.17, 15) is 0 Å². The van der Waals surface area contributed by atoms with Crippen LogP contribution in [0.1, 0.15) is 0 Å². The molecule has 4 heteroatoms. The van der Waals surface area contributed by atoms with Gasteiger partial charge in [0.1, 0.15) is 0 Å². The lowest BCUT2D eigenvalue weighted by atomic mass is 10.0. The molecule has 0 aliphatic rings. The van der Waals surface area contributed by atoms with Gasteiger partial charge in [-0.2, -0.15) is 0 Å². The van der Waals surface area contributed by atoms with Gasteiger partial charge in [0.15, 0.2) is 0 Å². The van der Waals surface area contributed by atoms with E-state index in [0.29, 0.717) is 5.95 Å². The van der Waals surface area contributed by atoms with Crippen molar-refractivity contribution in [1.29, 1.82) is 0 Å². The lowest BCUT2D eigenvalue weighted by Crippen LogP contribution is -2.04. The fraction of sp³-hybridized carbons (Fsp3) is 0. The summed E-state index contributed by atoms with van der Waals surface area (Å²) in [7, 11) is 0. The number of hydrogen-bond donors (Lipinski definition) is 0. The zero-order valence-corrected chi connectivity index (χ0v) is 32.6. The van der Waals surface area contributed by atoms with Crippen LogP contribution in [0.5, 0.6) is 0 Å². The summed E-state index contributed by atoms with van der Waals surface area (Å²) in [5.74, 6) is 0.638. The molecule has 0 amide bonds. The lowest BCUT2D eigenvalue weighted by molar-refractivity contribution is 0.996. The summed E-state index contributed by atoms with van der Waals surface area (Å²) in [5.41, 5.74) is 14.2. The normalized spacial score (nSPS) is 11.7. The molecule has 9 aromatic carbocycles. The highest BCUT2D eigenvalue weighted by Gasteiger charge is 2.19. The van der Waals surface area contributed by atoms with Crippen molar-refractivity contribution >= 4 is 54.4 Å². The van der Waals surface area contributed by atoms with Gasteiger partial charge in [0.2, 0.25) is 5.95 Å². The van der Waals surface area contributed by atoms with E-state index in [2.05, 4.69) is 221 Å². The Morgan fingerprint density at radius 3 is 1.62 bits per heavy atom. The van der Waals surface area contributed by atoms with Crippen LogP contribution in [0, 0.1) is 0 Å². The maximum absolute atomic E-state index is 5.36. The fourth-order valence-electron chi connectivity index (χ4n) is 9.04. The van der Waals surface area contributed by atoms with Crippen LogP contribution in [0.2, 0.25) is 0 Å². The largest absolute Gasteiger partial charge is 0.309 e. The number of fused-ring (bicyclic) bond motifs is 7. The molecule has 0 saturated carbocycles. The van der Waals surface area contributed by atoms with E-state index in [0.717, 1.165) is 61.1 Å². The predicted molar refractivity (Wildman–Crippen MR) is 250 cm³/mol.